The highest BCUT2D eigenvalue weighted by Crippen LogP contribution is 2.11. The van der Waals surface area contributed by atoms with Crippen LogP contribution < -0.4 is 5.73 Å². The van der Waals surface area contributed by atoms with E-state index in [2.05, 4.69) is 15.2 Å². The molecule has 2 aromatic rings. The maximum absolute atomic E-state index is 5.41. The average molecular weight is 172 g/mol. The Morgan fingerprint density at radius 3 is 2.46 bits per heavy atom. The van der Waals surface area contributed by atoms with Crippen LogP contribution in [0.5, 0.6) is 0 Å². The summed E-state index contributed by atoms with van der Waals surface area (Å²) in [5, 5.41) is 7.65. The third-order valence-electron chi connectivity index (χ3n) is 1.61. The van der Waals surface area contributed by atoms with Crippen molar-refractivity contribution in [1.29, 1.82) is 0 Å². The molecule has 0 aliphatic carbocycles. The van der Waals surface area contributed by atoms with Crippen LogP contribution in [-0.4, -0.2) is 15.2 Å². The van der Waals surface area contributed by atoms with Gasteiger partial charge in [0.25, 0.3) is 0 Å². The highest BCUT2D eigenvalue weighted by molar-refractivity contribution is 5.53. The molecule has 0 amide bonds. The zero-order chi connectivity index (χ0) is 9.10. The third-order valence-corrected chi connectivity index (χ3v) is 1.61. The van der Waals surface area contributed by atoms with E-state index in [4.69, 9.17) is 5.73 Å². The molecule has 4 heteroatoms. The molecule has 2 aromatic heterocycles. The van der Waals surface area contributed by atoms with E-state index in [1.807, 2.05) is 18.2 Å². The van der Waals surface area contributed by atoms with E-state index in [-0.39, 0.29) is 0 Å². The van der Waals surface area contributed by atoms with Crippen LogP contribution in [0.1, 0.15) is 0 Å². The van der Waals surface area contributed by atoms with E-state index in [1.165, 1.54) is 0 Å². The van der Waals surface area contributed by atoms with Gasteiger partial charge in [-0.25, -0.2) is 0 Å². The second-order valence-corrected chi connectivity index (χ2v) is 2.56. The van der Waals surface area contributed by atoms with Crippen molar-refractivity contribution in [2.45, 2.75) is 0 Å². The minimum atomic E-state index is 0.416. The summed E-state index contributed by atoms with van der Waals surface area (Å²) < 4.78 is 0. The average Bonchev–Trinajstić information content (AvgIpc) is 2.20. The Hall–Kier alpha value is -1.97. The van der Waals surface area contributed by atoms with Crippen molar-refractivity contribution >= 4 is 5.82 Å². The van der Waals surface area contributed by atoms with E-state index in [1.54, 1.807) is 18.3 Å². The third kappa shape index (κ3) is 1.61. The first kappa shape index (κ1) is 7.67. The largest absolute Gasteiger partial charge is 0.382 e. The standard InChI is InChI=1S/C9H8N4/c10-9-5-4-8(12-13-9)7-3-1-2-6-11-7/h1-6H,(H2,10,13). The van der Waals surface area contributed by atoms with Crippen LogP contribution in [0, 0.1) is 0 Å². The normalized spacial score (nSPS) is 9.85. The van der Waals surface area contributed by atoms with Crippen molar-refractivity contribution in [2.75, 3.05) is 5.73 Å². The van der Waals surface area contributed by atoms with Crippen molar-refractivity contribution in [3.05, 3.63) is 36.5 Å². The van der Waals surface area contributed by atoms with Crippen LogP contribution in [0.2, 0.25) is 0 Å². The van der Waals surface area contributed by atoms with Crippen molar-refractivity contribution < 1.29 is 0 Å². The first-order valence-corrected chi connectivity index (χ1v) is 3.87. The van der Waals surface area contributed by atoms with E-state index in [9.17, 15) is 0 Å². The summed E-state index contributed by atoms with van der Waals surface area (Å²) in [6.07, 6.45) is 1.72. The van der Waals surface area contributed by atoms with E-state index >= 15 is 0 Å². The van der Waals surface area contributed by atoms with Gasteiger partial charge < -0.3 is 5.73 Å². The van der Waals surface area contributed by atoms with Gasteiger partial charge in [0.15, 0.2) is 0 Å². The monoisotopic (exact) mass is 172 g/mol. The summed E-state index contributed by atoms with van der Waals surface area (Å²) in [5.74, 6) is 0.416. The van der Waals surface area contributed by atoms with Gasteiger partial charge in [-0.15, -0.1) is 10.2 Å². The number of nitrogens with two attached hydrogens (primary N) is 1. The van der Waals surface area contributed by atoms with E-state index < -0.39 is 0 Å². The lowest BCUT2D eigenvalue weighted by Crippen LogP contribution is -1.94. The van der Waals surface area contributed by atoms with Gasteiger partial charge in [-0.1, -0.05) is 6.07 Å². The summed E-state index contributed by atoms with van der Waals surface area (Å²) >= 11 is 0. The van der Waals surface area contributed by atoms with Gasteiger partial charge in [-0.05, 0) is 24.3 Å². The number of pyridine rings is 1. The van der Waals surface area contributed by atoms with Crippen LogP contribution in [0.3, 0.4) is 0 Å². The zero-order valence-electron chi connectivity index (χ0n) is 6.88. The Morgan fingerprint density at radius 1 is 0.923 bits per heavy atom. The smallest absolute Gasteiger partial charge is 0.146 e. The van der Waals surface area contributed by atoms with Gasteiger partial charge in [0.1, 0.15) is 11.5 Å². The van der Waals surface area contributed by atoms with Crippen LogP contribution in [0.25, 0.3) is 11.4 Å². The molecule has 0 atom stereocenters. The quantitative estimate of drug-likeness (QED) is 0.700. The SMILES string of the molecule is Nc1ccc(-c2ccccn2)nn1. The number of hydrogen-bond acceptors (Lipinski definition) is 4. The molecular formula is C9H8N4. The van der Waals surface area contributed by atoms with Gasteiger partial charge in [-0.2, -0.15) is 0 Å². The van der Waals surface area contributed by atoms with Crippen molar-refractivity contribution in [2.24, 2.45) is 0 Å². The van der Waals surface area contributed by atoms with Gasteiger partial charge in [0.2, 0.25) is 0 Å². The number of nitrogen functional groups attached to an aromatic ring is 1. The van der Waals surface area contributed by atoms with Crippen LogP contribution in [0.15, 0.2) is 36.5 Å². The highest BCUT2D eigenvalue weighted by Gasteiger charge is 1.98. The molecule has 0 saturated heterocycles. The van der Waals surface area contributed by atoms with Gasteiger partial charge in [-0.3, -0.25) is 4.98 Å². The summed E-state index contributed by atoms with van der Waals surface area (Å²) in [6, 6.07) is 9.14. The summed E-state index contributed by atoms with van der Waals surface area (Å²) in [5.41, 5.74) is 6.94. The fraction of sp³-hybridized carbons (Fsp3) is 0. The molecule has 13 heavy (non-hydrogen) atoms. The second-order valence-electron chi connectivity index (χ2n) is 2.56. The fourth-order valence-corrected chi connectivity index (χ4v) is 0.993. The minimum Gasteiger partial charge on any atom is -0.382 e. The summed E-state index contributed by atoms with van der Waals surface area (Å²) in [4.78, 5) is 4.14. The fourth-order valence-electron chi connectivity index (χ4n) is 0.993. The van der Waals surface area contributed by atoms with Crippen molar-refractivity contribution in [1.82, 2.24) is 15.2 Å². The van der Waals surface area contributed by atoms with Crippen LogP contribution >= 0.6 is 0 Å². The maximum Gasteiger partial charge on any atom is 0.146 e. The molecule has 2 heterocycles. The lowest BCUT2D eigenvalue weighted by atomic mass is 10.2. The molecule has 0 aromatic carbocycles. The molecule has 2 rings (SSSR count). The minimum absolute atomic E-state index is 0.416. The lowest BCUT2D eigenvalue weighted by molar-refractivity contribution is 1.04. The number of nitrogens with zero attached hydrogens (tertiary/aromatic N) is 3. The maximum atomic E-state index is 5.41. The predicted molar refractivity (Wildman–Crippen MR) is 49.7 cm³/mol. The molecule has 0 aliphatic rings. The molecule has 4 nitrogen and oxygen atoms in total. The Balaban J connectivity index is 2.42. The highest BCUT2D eigenvalue weighted by atomic mass is 15.1. The summed E-state index contributed by atoms with van der Waals surface area (Å²) in [6.45, 7) is 0. The van der Waals surface area contributed by atoms with Crippen LogP contribution in [-0.2, 0) is 0 Å². The van der Waals surface area contributed by atoms with E-state index in [0.29, 0.717) is 5.82 Å². The number of rotatable bonds is 1. The van der Waals surface area contributed by atoms with E-state index in [0.717, 1.165) is 11.4 Å². The topological polar surface area (TPSA) is 64.7 Å². The molecule has 0 aliphatic heterocycles. The Kier molecular flexibility index (Phi) is 1.88. The van der Waals surface area contributed by atoms with Gasteiger partial charge in [0.05, 0.1) is 5.69 Å². The predicted octanol–water partition coefficient (Wildman–Crippen LogP) is 1.12. The Bertz CT molecular complexity index is 382. The van der Waals surface area contributed by atoms with Gasteiger partial charge >= 0.3 is 0 Å². The van der Waals surface area contributed by atoms with Crippen molar-refractivity contribution in [3.8, 4) is 11.4 Å². The Labute approximate surface area is 75.5 Å². The molecule has 0 fully saturated rings. The lowest BCUT2D eigenvalue weighted by Gasteiger charge is -1.97. The molecule has 0 unspecified atom stereocenters. The zero-order valence-corrected chi connectivity index (χ0v) is 6.88. The molecule has 0 saturated carbocycles. The molecule has 2 N–H and O–H groups in total. The molecule has 0 spiro atoms. The Morgan fingerprint density at radius 2 is 1.85 bits per heavy atom. The molecular weight excluding hydrogens is 164 g/mol. The second kappa shape index (κ2) is 3.18. The van der Waals surface area contributed by atoms with Crippen LogP contribution in [0.4, 0.5) is 5.82 Å². The molecule has 0 bridgehead atoms. The first-order chi connectivity index (χ1) is 6.36. The number of hydrogen-bond donors (Lipinski definition) is 1. The first-order valence-electron chi connectivity index (χ1n) is 3.87. The summed E-state index contributed by atoms with van der Waals surface area (Å²) in [7, 11) is 0. The molecule has 64 valence electrons. The molecule has 0 radical (unpaired) electrons. The van der Waals surface area contributed by atoms with Crippen molar-refractivity contribution in [3.63, 3.8) is 0 Å². The van der Waals surface area contributed by atoms with Gasteiger partial charge in [0, 0.05) is 6.20 Å². The number of aromatic nitrogens is 3. The number of anilines is 1.